The van der Waals surface area contributed by atoms with Gasteiger partial charge in [0.15, 0.2) is 0 Å². The van der Waals surface area contributed by atoms with E-state index in [9.17, 15) is 4.79 Å². The molecule has 0 bridgehead atoms. The summed E-state index contributed by atoms with van der Waals surface area (Å²) in [6, 6.07) is 17.1. The van der Waals surface area contributed by atoms with Gasteiger partial charge in [0.05, 0.1) is 11.9 Å². The molecule has 3 nitrogen and oxygen atoms in total. The molecule has 0 fully saturated rings. The lowest BCUT2D eigenvalue weighted by Crippen LogP contribution is -2.11. The van der Waals surface area contributed by atoms with Gasteiger partial charge in [-0.1, -0.05) is 34.1 Å². The molecule has 0 spiro atoms. The fourth-order valence-corrected chi connectivity index (χ4v) is 3.00. The van der Waals surface area contributed by atoms with Gasteiger partial charge in [-0.15, -0.1) is 0 Å². The van der Waals surface area contributed by atoms with E-state index < -0.39 is 0 Å². The topological polar surface area (TPSA) is 34.9 Å². The minimum absolute atomic E-state index is 0.0398. The molecule has 0 saturated carbocycles. The van der Waals surface area contributed by atoms with E-state index in [2.05, 4.69) is 43.6 Å². The molecule has 0 radical (unpaired) electrons. The van der Waals surface area contributed by atoms with Gasteiger partial charge in [-0.05, 0) is 59.0 Å². The molecule has 0 aliphatic carbocycles. The molecular weight excluding hydrogens is 443 g/mol. The van der Waals surface area contributed by atoms with Gasteiger partial charge < -0.3 is 0 Å². The molecule has 5 heteroatoms. The lowest BCUT2D eigenvalue weighted by Gasteiger charge is -2.08. The number of hydrogen-bond donors (Lipinski definition) is 0. The molecule has 0 aliphatic rings. The standard InChI is InChI=1S/C16H10BrIN2O/c17-11-6-7-14(18)13(10-11)16(21)15-8-9-19-20(15)12-4-2-1-3-5-12/h1-10H. The largest absolute Gasteiger partial charge is 0.287 e. The maximum absolute atomic E-state index is 12.8. The molecule has 0 saturated heterocycles. The van der Waals surface area contributed by atoms with Gasteiger partial charge in [-0.2, -0.15) is 5.10 Å². The third kappa shape index (κ3) is 2.94. The van der Waals surface area contributed by atoms with Crippen LogP contribution < -0.4 is 0 Å². The molecule has 2 aromatic carbocycles. The molecular formula is C16H10BrIN2O. The van der Waals surface area contributed by atoms with Crippen molar-refractivity contribution >= 4 is 44.3 Å². The van der Waals surface area contributed by atoms with Crippen molar-refractivity contribution < 1.29 is 4.79 Å². The number of aromatic nitrogens is 2. The zero-order valence-corrected chi connectivity index (χ0v) is 14.6. The molecule has 1 heterocycles. The molecule has 21 heavy (non-hydrogen) atoms. The number of carbonyl (C=O) groups is 1. The Morgan fingerprint density at radius 1 is 1.10 bits per heavy atom. The summed E-state index contributed by atoms with van der Waals surface area (Å²) < 4.78 is 3.47. The van der Waals surface area contributed by atoms with Gasteiger partial charge in [-0.3, -0.25) is 4.79 Å². The highest BCUT2D eigenvalue weighted by molar-refractivity contribution is 14.1. The molecule has 3 rings (SSSR count). The van der Waals surface area contributed by atoms with Crippen molar-refractivity contribution in [2.75, 3.05) is 0 Å². The highest BCUT2D eigenvalue weighted by atomic mass is 127. The molecule has 0 atom stereocenters. The van der Waals surface area contributed by atoms with Crippen LogP contribution in [-0.2, 0) is 0 Å². The highest BCUT2D eigenvalue weighted by Crippen LogP contribution is 2.22. The van der Waals surface area contributed by atoms with Crippen molar-refractivity contribution in [3.05, 3.63) is 80.1 Å². The van der Waals surface area contributed by atoms with E-state index in [4.69, 9.17) is 0 Å². The fourth-order valence-electron chi connectivity index (χ4n) is 2.06. The first-order valence-electron chi connectivity index (χ1n) is 6.26. The summed E-state index contributed by atoms with van der Waals surface area (Å²) in [5, 5.41) is 4.27. The quantitative estimate of drug-likeness (QED) is 0.434. The van der Waals surface area contributed by atoms with E-state index in [1.807, 2.05) is 48.5 Å². The van der Waals surface area contributed by atoms with Crippen LogP contribution in [0.5, 0.6) is 0 Å². The Hall–Kier alpha value is -1.47. The van der Waals surface area contributed by atoms with Crippen molar-refractivity contribution in [2.45, 2.75) is 0 Å². The zero-order valence-electron chi connectivity index (χ0n) is 10.8. The van der Waals surface area contributed by atoms with Crippen LogP contribution in [-0.4, -0.2) is 15.6 Å². The lowest BCUT2D eigenvalue weighted by molar-refractivity contribution is 0.103. The predicted molar refractivity (Wildman–Crippen MR) is 93.9 cm³/mol. The fraction of sp³-hybridized carbons (Fsp3) is 0. The minimum Gasteiger partial charge on any atom is -0.287 e. The number of halogens is 2. The van der Waals surface area contributed by atoms with Gasteiger partial charge >= 0.3 is 0 Å². The van der Waals surface area contributed by atoms with Gasteiger partial charge in [-0.25, -0.2) is 4.68 Å². The number of benzene rings is 2. The summed E-state index contributed by atoms with van der Waals surface area (Å²) in [7, 11) is 0. The summed E-state index contributed by atoms with van der Waals surface area (Å²) in [6.07, 6.45) is 1.64. The van der Waals surface area contributed by atoms with Gasteiger partial charge in [0.25, 0.3) is 0 Å². The molecule has 1 aromatic heterocycles. The second-order valence-corrected chi connectivity index (χ2v) is 6.49. The van der Waals surface area contributed by atoms with E-state index in [1.165, 1.54) is 0 Å². The van der Waals surface area contributed by atoms with Crippen LogP contribution in [0.15, 0.2) is 65.3 Å². The molecule has 0 aliphatic heterocycles. The van der Waals surface area contributed by atoms with E-state index in [-0.39, 0.29) is 5.78 Å². The maximum Gasteiger partial charge on any atom is 0.212 e. The lowest BCUT2D eigenvalue weighted by atomic mass is 10.1. The smallest absolute Gasteiger partial charge is 0.212 e. The van der Waals surface area contributed by atoms with Crippen LogP contribution in [0, 0.1) is 3.57 Å². The molecule has 0 N–H and O–H groups in total. The first kappa shape index (κ1) is 14.5. The second-order valence-electron chi connectivity index (χ2n) is 4.42. The van der Waals surface area contributed by atoms with Crippen molar-refractivity contribution in [3.63, 3.8) is 0 Å². The van der Waals surface area contributed by atoms with Crippen LogP contribution in [0.3, 0.4) is 0 Å². The Balaban J connectivity index is 2.08. The zero-order chi connectivity index (χ0) is 14.8. The van der Waals surface area contributed by atoms with Gasteiger partial charge in [0.2, 0.25) is 5.78 Å². The summed E-state index contributed by atoms with van der Waals surface area (Å²) in [4.78, 5) is 12.8. The van der Waals surface area contributed by atoms with Crippen molar-refractivity contribution in [2.24, 2.45) is 0 Å². The average Bonchev–Trinajstić information content (AvgIpc) is 2.99. The summed E-state index contributed by atoms with van der Waals surface area (Å²) in [6.45, 7) is 0. The number of para-hydroxylation sites is 1. The molecule has 104 valence electrons. The number of nitrogens with zero attached hydrogens (tertiary/aromatic N) is 2. The third-order valence-electron chi connectivity index (χ3n) is 3.05. The molecule has 0 amide bonds. The Morgan fingerprint density at radius 2 is 1.86 bits per heavy atom. The van der Waals surface area contributed by atoms with Gasteiger partial charge in [0.1, 0.15) is 5.69 Å². The Morgan fingerprint density at radius 3 is 2.62 bits per heavy atom. The number of ketones is 1. The van der Waals surface area contributed by atoms with Crippen molar-refractivity contribution in [1.82, 2.24) is 9.78 Å². The SMILES string of the molecule is O=C(c1cc(Br)ccc1I)c1ccnn1-c1ccccc1. The third-order valence-corrected chi connectivity index (χ3v) is 4.48. The first-order chi connectivity index (χ1) is 10.2. The second kappa shape index (κ2) is 6.11. The number of rotatable bonds is 3. The summed E-state index contributed by atoms with van der Waals surface area (Å²) in [5.41, 5.74) is 2.09. The molecule has 0 unspecified atom stereocenters. The van der Waals surface area contributed by atoms with E-state index >= 15 is 0 Å². The van der Waals surface area contributed by atoms with Gasteiger partial charge in [0, 0.05) is 13.6 Å². The predicted octanol–water partition coefficient (Wildman–Crippen LogP) is 4.47. The Labute approximate surface area is 144 Å². The van der Waals surface area contributed by atoms with Crippen LogP contribution in [0.2, 0.25) is 0 Å². The average molecular weight is 453 g/mol. The van der Waals surface area contributed by atoms with Crippen LogP contribution in [0.4, 0.5) is 0 Å². The Bertz CT molecular complexity index is 799. The van der Waals surface area contributed by atoms with E-state index in [0.29, 0.717) is 11.3 Å². The number of carbonyl (C=O) groups excluding carboxylic acids is 1. The van der Waals surface area contributed by atoms with Crippen molar-refractivity contribution in [1.29, 1.82) is 0 Å². The monoisotopic (exact) mass is 452 g/mol. The maximum atomic E-state index is 12.8. The number of hydrogen-bond acceptors (Lipinski definition) is 2. The molecule has 3 aromatic rings. The van der Waals surface area contributed by atoms with Crippen molar-refractivity contribution in [3.8, 4) is 5.69 Å². The summed E-state index contributed by atoms with van der Waals surface area (Å²) >= 11 is 5.59. The minimum atomic E-state index is -0.0398. The van der Waals surface area contributed by atoms with E-state index in [1.54, 1.807) is 16.9 Å². The normalized spacial score (nSPS) is 10.6. The highest BCUT2D eigenvalue weighted by Gasteiger charge is 2.18. The van der Waals surface area contributed by atoms with Crippen LogP contribution in [0.1, 0.15) is 16.1 Å². The van der Waals surface area contributed by atoms with Crippen LogP contribution >= 0.6 is 38.5 Å². The van der Waals surface area contributed by atoms with E-state index in [0.717, 1.165) is 13.7 Å². The van der Waals surface area contributed by atoms with Crippen LogP contribution in [0.25, 0.3) is 5.69 Å². The summed E-state index contributed by atoms with van der Waals surface area (Å²) in [5.74, 6) is -0.0398. The Kier molecular flexibility index (Phi) is 4.21. The first-order valence-corrected chi connectivity index (χ1v) is 8.13.